The van der Waals surface area contributed by atoms with Gasteiger partial charge in [-0.2, -0.15) is 0 Å². The number of hydrogen-bond donors (Lipinski definition) is 5. The summed E-state index contributed by atoms with van der Waals surface area (Å²) < 4.78 is 16.1. The molecule has 3 aromatic rings. The second kappa shape index (κ2) is 20.7. The van der Waals surface area contributed by atoms with Crippen molar-refractivity contribution < 1.29 is 38.2 Å². The summed E-state index contributed by atoms with van der Waals surface area (Å²) in [6.45, 7) is 5.87. The fourth-order valence-corrected chi connectivity index (χ4v) is 6.06. The third-order valence-corrected chi connectivity index (χ3v) is 8.76. The number of nitrogens with one attached hydrogen (secondary N) is 4. The SMILES string of the molecule is CC(C)(C)OC(=O)NCCCCC(N)C(=O)NC(CCCCNC(=O)OCC1c2ccccc2-c2ccccc21)C(=O)NCC(=O)OCc1ccccc1. The molecule has 13 nitrogen and oxygen atoms in total. The first kappa shape index (κ1) is 41.3. The van der Waals surface area contributed by atoms with E-state index in [0.29, 0.717) is 45.2 Å². The number of unbranched alkanes of at least 4 members (excludes halogenated alkanes) is 2. The van der Waals surface area contributed by atoms with Gasteiger partial charge in [0.15, 0.2) is 0 Å². The Hall–Kier alpha value is -5.43. The fourth-order valence-electron chi connectivity index (χ4n) is 6.06. The van der Waals surface area contributed by atoms with Crippen LogP contribution in [-0.2, 0) is 35.2 Å². The number of alkyl carbamates (subject to hydrolysis) is 2. The molecule has 0 radical (unpaired) electrons. The van der Waals surface area contributed by atoms with Crippen molar-refractivity contribution in [3.05, 3.63) is 95.6 Å². The lowest BCUT2D eigenvalue weighted by Crippen LogP contribution is -2.52. The van der Waals surface area contributed by atoms with Crippen molar-refractivity contribution in [2.45, 2.75) is 89.5 Å². The number of benzene rings is 3. The molecule has 0 heterocycles. The van der Waals surface area contributed by atoms with E-state index in [2.05, 4.69) is 45.5 Å². The standard InChI is InChI=1S/C41H53N5O8/c1-41(2,3)54-40(51)44-24-13-11-21-34(42)37(48)46-35(38(49)45-25-36(47)52-26-28-15-5-4-6-16-28)22-12-14-23-43-39(50)53-27-33-31-19-9-7-17-29(31)30-18-8-10-20-32(30)33/h4-10,15-20,33-35H,11-14,21-27,42H2,1-3H3,(H,43,50)(H,44,51)(H,45,49)(H,46,48). The molecule has 4 amide bonds. The largest absolute Gasteiger partial charge is 0.460 e. The molecule has 290 valence electrons. The van der Waals surface area contributed by atoms with Gasteiger partial charge in [0.25, 0.3) is 0 Å². The minimum absolute atomic E-state index is 0.0538. The van der Waals surface area contributed by atoms with Crippen molar-refractivity contribution in [1.29, 1.82) is 0 Å². The Morgan fingerprint density at radius 2 is 1.26 bits per heavy atom. The van der Waals surface area contributed by atoms with E-state index in [1.807, 2.05) is 54.6 Å². The van der Waals surface area contributed by atoms with Gasteiger partial charge in [-0.05, 0) is 87.1 Å². The molecule has 3 aromatic carbocycles. The molecule has 2 unspecified atom stereocenters. The highest BCUT2D eigenvalue weighted by Gasteiger charge is 2.29. The lowest BCUT2D eigenvalue weighted by Gasteiger charge is -2.21. The molecule has 1 aliphatic rings. The Kier molecular flexibility index (Phi) is 15.9. The zero-order valence-electron chi connectivity index (χ0n) is 31.4. The van der Waals surface area contributed by atoms with E-state index < -0.39 is 47.7 Å². The van der Waals surface area contributed by atoms with Crippen LogP contribution >= 0.6 is 0 Å². The van der Waals surface area contributed by atoms with Crippen LogP contribution in [0.25, 0.3) is 11.1 Å². The van der Waals surface area contributed by atoms with Gasteiger partial charge in [-0.25, -0.2) is 9.59 Å². The molecule has 54 heavy (non-hydrogen) atoms. The quantitative estimate of drug-likeness (QED) is 0.0636. The van der Waals surface area contributed by atoms with Crippen LogP contribution in [0.4, 0.5) is 9.59 Å². The number of nitrogens with two attached hydrogens (primary N) is 1. The van der Waals surface area contributed by atoms with Crippen molar-refractivity contribution in [3.63, 3.8) is 0 Å². The van der Waals surface area contributed by atoms with Crippen molar-refractivity contribution in [2.75, 3.05) is 26.2 Å². The van der Waals surface area contributed by atoms with E-state index in [1.165, 1.54) is 0 Å². The second-order valence-corrected chi connectivity index (χ2v) is 14.2. The van der Waals surface area contributed by atoms with Gasteiger partial charge in [0.2, 0.25) is 11.8 Å². The average molecular weight is 744 g/mol. The summed E-state index contributed by atoms with van der Waals surface area (Å²) in [5.74, 6) is -1.75. The number of carbonyl (C=O) groups is 5. The summed E-state index contributed by atoms with van der Waals surface area (Å²) in [4.78, 5) is 63.0. The molecule has 0 saturated heterocycles. The topological polar surface area (TPSA) is 187 Å². The Labute approximate surface area is 317 Å². The highest BCUT2D eigenvalue weighted by atomic mass is 16.6. The van der Waals surface area contributed by atoms with Gasteiger partial charge in [0.1, 0.15) is 31.4 Å². The molecule has 13 heteroatoms. The molecule has 0 spiro atoms. The Bertz CT molecular complexity index is 1670. The summed E-state index contributed by atoms with van der Waals surface area (Å²) >= 11 is 0. The van der Waals surface area contributed by atoms with E-state index in [0.717, 1.165) is 27.8 Å². The fraction of sp³-hybridized carbons (Fsp3) is 0.439. The predicted molar refractivity (Wildman–Crippen MR) is 204 cm³/mol. The molecular weight excluding hydrogens is 690 g/mol. The van der Waals surface area contributed by atoms with E-state index >= 15 is 0 Å². The van der Waals surface area contributed by atoms with Crippen molar-refractivity contribution in [3.8, 4) is 11.1 Å². The lowest BCUT2D eigenvalue weighted by atomic mass is 9.98. The number of carbonyl (C=O) groups excluding carboxylic acids is 5. The predicted octanol–water partition coefficient (Wildman–Crippen LogP) is 5.06. The van der Waals surface area contributed by atoms with E-state index in [9.17, 15) is 24.0 Å². The van der Waals surface area contributed by atoms with Gasteiger partial charge in [-0.15, -0.1) is 0 Å². The summed E-state index contributed by atoms with van der Waals surface area (Å²) in [5.41, 5.74) is 10.9. The average Bonchev–Trinajstić information content (AvgIpc) is 3.47. The minimum atomic E-state index is -0.978. The molecule has 0 saturated carbocycles. The van der Waals surface area contributed by atoms with Crippen LogP contribution in [0.2, 0.25) is 0 Å². The maximum atomic E-state index is 13.2. The molecule has 2 atom stereocenters. The van der Waals surface area contributed by atoms with Crippen molar-refractivity contribution >= 4 is 30.0 Å². The first-order chi connectivity index (χ1) is 25.9. The normalized spacial score (nSPS) is 13.0. The third kappa shape index (κ3) is 13.5. The highest BCUT2D eigenvalue weighted by molar-refractivity contribution is 5.91. The molecule has 0 aliphatic heterocycles. The molecule has 0 bridgehead atoms. The number of amides is 4. The van der Waals surface area contributed by atoms with E-state index in [4.69, 9.17) is 19.9 Å². The van der Waals surface area contributed by atoms with E-state index in [1.54, 1.807) is 20.8 Å². The number of rotatable bonds is 19. The smallest absolute Gasteiger partial charge is 0.407 e. The van der Waals surface area contributed by atoms with Crippen LogP contribution in [0.3, 0.4) is 0 Å². The number of hydrogen-bond acceptors (Lipinski definition) is 9. The van der Waals surface area contributed by atoms with Gasteiger partial charge < -0.3 is 41.2 Å². The maximum Gasteiger partial charge on any atom is 0.407 e. The third-order valence-electron chi connectivity index (χ3n) is 8.76. The maximum absolute atomic E-state index is 13.2. The second-order valence-electron chi connectivity index (χ2n) is 14.2. The van der Waals surface area contributed by atoms with Gasteiger partial charge in [-0.1, -0.05) is 78.9 Å². The molecule has 1 aliphatic carbocycles. The van der Waals surface area contributed by atoms with Gasteiger partial charge in [0, 0.05) is 19.0 Å². The molecule has 0 aromatic heterocycles. The summed E-state index contributed by atoms with van der Waals surface area (Å²) in [6.07, 6.45) is 1.59. The molecule has 0 fully saturated rings. The Balaban J connectivity index is 1.21. The van der Waals surface area contributed by atoms with Crippen LogP contribution in [0.5, 0.6) is 0 Å². The van der Waals surface area contributed by atoms with Crippen molar-refractivity contribution in [1.82, 2.24) is 21.3 Å². The number of esters is 1. The van der Waals surface area contributed by atoms with Crippen LogP contribution in [-0.4, -0.2) is 73.9 Å². The van der Waals surface area contributed by atoms with Gasteiger partial charge in [0.05, 0.1) is 6.04 Å². The molecule has 4 rings (SSSR count). The Morgan fingerprint density at radius 1 is 0.685 bits per heavy atom. The van der Waals surface area contributed by atoms with Crippen molar-refractivity contribution in [2.24, 2.45) is 5.73 Å². The van der Waals surface area contributed by atoms with Crippen LogP contribution in [0, 0.1) is 0 Å². The number of ether oxygens (including phenoxy) is 3. The molecular formula is C41H53N5O8. The lowest BCUT2D eigenvalue weighted by molar-refractivity contribution is -0.145. The van der Waals surface area contributed by atoms with E-state index in [-0.39, 0.29) is 32.1 Å². The Morgan fingerprint density at radius 3 is 1.89 bits per heavy atom. The summed E-state index contributed by atoms with van der Waals surface area (Å²) in [7, 11) is 0. The monoisotopic (exact) mass is 743 g/mol. The van der Waals surface area contributed by atoms with Crippen LogP contribution in [0.15, 0.2) is 78.9 Å². The van der Waals surface area contributed by atoms with Crippen LogP contribution in [0.1, 0.15) is 81.9 Å². The zero-order valence-corrected chi connectivity index (χ0v) is 31.4. The minimum Gasteiger partial charge on any atom is -0.460 e. The first-order valence-corrected chi connectivity index (χ1v) is 18.5. The number of fused-ring (bicyclic) bond motifs is 3. The highest BCUT2D eigenvalue weighted by Crippen LogP contribution is 2.44. The summed E-state index contributed by atoms with van der Waals surface area (Å²) in [6, 6.07) is 23.5. The first-order valence-electron chi connectivity index (χ1n) is 18.5. The zero-order chi connectivity index (χ0) is 38.9. The van der Waals surface area contributed by atoms with Crippen LogP contribution < -0.4 is 27.0 Å². The van der Waals surface area contributed by atoms with Gasteiger partial charge >= 0.3 is 18.2 Å². The molecule has 6 N–H and O–H groups in total. The van der Waals surface area contributed by atoms with Gasteiger partial charge in [-0.3, -0.25) is 14.4 Å². The summed E-state index contributed by atoms with van der Waals surface area (Å²) in [5, 5.41) is 10.7.